The fourth-order valence-electron chi connectivity index (χ4n) is 2.33. The zero-order valence-corrected chi connectivity index (χ0v) is 13.2. The lowest BCUT2D eigenvalue weighted by molar-refractivity contribution is -0.115. The molecule has 4 nitrogen and oxygen atoms in total. The summed E-state index contributed by atoms with van der Waals surface area (Å²) in [6, 6.07) is 17.0. The Hall–Kier alpha value is -2.59. The molecule has 3 aromatic rings. The second-order valence-corrected chi connectivity index (χ2v) is 5.49. The van der Waals surface area contributed by atoms with Gasteiger partial charge in [-0.15, -0.1) is 0 Å². The quantitative estimate of drug-likeness (QED) is 0.734. The molecular formula is C18H16ClN3O. The second-order valence-electron chi connectivity index (χ2n) is 5.09. The third-order valence-electron chi connectivity index (χ3n) is 3.45. The smallest absolute Gasteiger partial charge is 0.226 e. The van der Waals surface area contributed by atoms with Crippen molar-refractivity contribution in [1.29, 1.82) is 0 Å². The molecule has 0 spiro atoms. The lowest BCUT2D eigenvalue weighted by Gasteiger charge is -2.10. The molecule has 0 saturated heterocycles. The molecule has 0 saturated carbocycles. The summed E-state index contributed by atoms with van der Waals surface area (Å²) in [5.74, 6) is -0.0669. The van der Waals surface area contributed by atoms with Crippen molar-refractivity contribution < 1.29 is 4.79 Å². The topological polar surface area (TPSA) is 54.0 Å². The standard InChI is InChI=1S/C18H16ClN3O/c19-14-7-1-2-8-15(14)20-12-10-17(23)22-16-9-3-5-13-6-4-11-21-18(13)16/h1-9,11,20H,10,12H2,(H,22,23). The van der Waals surface area contributed by atoms with E-state index < -0.39 is 0 Å². The zero-order chi connectivity index (χ0) is 16.1. The Kier molecular flexibility index (Phi) is 4.74. The first-order chi connectivity index (χ1) is 11.2. The van der Waals surface area contributed by atoms with E-state index in [0.717, 1.165) is 22.3 Å². The summed E-state index contributed by atoms with van der Waals surface area (Å²) in [6.07, 6.45) is 2.06. The number of halogens is 1. The summed E-state index contributed by atoms with van der Waals surface area (Å²) in [6.45, 7) is 0.508. The van der Waals surface area contributed by atoms with Crippen molar-refractivity contribution in [2.45, 2.75) is 6.42 Å². The summed E-state index contributed by atoms with van der Waals surface area (Å²) >= 11 is 6.06. The van der Waals surface area contributed by atoms with Gasteiger partial charge in [-0.2, -0.15) is 0 Å². The number of nitrogens with zero attached hydrogens (tertiary/aromatic N) is 1. The van der Waals surface area contributed by atoms with Crippen molar-refractivity contribution in [2.24, 2.45) is 0 Å². The van der Waals surface area contributed by atoms with Gasteiger partial charge in [0.1, 0.15) is 0 Å². The van der Waals surface area contributed by atoms with E-state index >= 15 is 0 Å². The summed E-state index contributed by atoms with van der Waals surface area (Å²) in [7, 11) is 0. The molecule has 0 radical (unpaired) electrons. The van der Waals surface area contributed by atoms with Crippen LogP contribution in [0.25, 0.3) is 10.9 Å². The van der Waals surface area contributed by atoms with Crippen LogP contribution in [0.3, 0.4) is 0 Å². The van der Waals surface area contributed by atoms with Crippen molar-refractivity contribution in [3.05, 3.63) is 65.8 Å². The van der Waals surface area contributed by atoms with Crippen molar-refractivity contribution in [1.82, 2.24) is 4.98 Å². The van der Waals surface area contributed by atoms with Gasteiger partial charge >= 0.3 is 0 Å². The van der Waals surface area contributed by atoms with Crippen LogP contribution >= 0.6 is 11.6 Å². The first-order valence-corrected chi connectivity index (χ1v) is 7.74. The minimum atomic E-state index is -0.0669. The van der Waals surface area contributed by atoms with E-state index in [9.17, 15) is 4.79 Å². The highest BCUT2D eigenvalue weighted by molar-refractivity contribution is 6.33. The van der Waals surface area contributed by atoms with Crippen molar-refractivity contribution in [3.8, 4) is 0 Å². The van der Waals surface area contributed by atoms with Crippen molar-refractivity contribution >= 4 is 39.8 Å². The Bertz CT molecular complexity index is 830. The minimum absolute atomic E-state index is 0.0669. The van der Waals surface area contributed by atoms with Gasteiger partial charge in [0.15, 0.2) is 0 Å². The lowest BCUT2D eigenvalue weighted by Crippen LogP contribution is -2.16. The maximum absolute atomic E-state index is 12.1. The zero-order valence-electron chi connectivity index (χ0n) is 12.4. The van der Waals surface area contributed by atoms with E-state index in [1.165, 1.54) is 0 Å². The molecule has 1 heterocycles. The normalized spacial score (nSPS) is 10.5. The number of fused-ring (bicyclic) bond motifs is 1. The molecule has 2 aromatic carbocycles. The third kappa shape index (κ3) is 3.79. The maximum atomic E-state index is 12.1. The summed E-state index contributed by atoms with van der Waals surface area (Å²) < 4.78 is 0. The number of aromatic nitrogens is 1. The second kappa shape index (κ2) is 7.11. The molecule has 1 aromatic heterocycles. The van der Waals surface area contributed by atoms with Crippen LogP contribution in [-0.4, -0.2) is 17.4 Å². The van der Waals surface area contributed by atoms with Gasteiger partial charge in [0, 0.05) is 24.5 Å². The van der Waals surface area contributed by atoms with Crippen LogP contribution in [-0.2, 0) is 4.79 Å². The van der Waals surface area contributed by atoms with Gasteiger partial charge in [0.2, 0.25) is 5.91 Å². The number of carbonyl (C=O) groups is 1. The number of nitrogens with one attached hydrogen (secondary N) is 2. The SMILES string of the molecule is O=C(CCNc1ccccc1Cl)Nc1cccc2cccnc12. The number of anilines is 2. The van der Waals surface area contributed by atoms with E-state index in [4.69, 9.17) is 11.6 Å². The fourth-order valence-corrected chi connectivity index (χ4v) is 2.54. The molecule has 0 fully saturated rings. The predicted molar refractivity (Wildman–Crippen MR) is 94.9 cm³/mol. The Morgan fingerprint density at radius 2 is 1.78 bits per heavy atom. The largest absolute Gasteiger partial charge is 0.383 e. The van der Waals surface area contributed by atoms with Crippen molar-refractivity contribution in [3.63, 3.8) is 0 Å². The average Bonchev–Trinajstić information content (AvgIpc) is 2.57. The van der Waals surface area contributed by atoms with Crippen LogP contribution in [0.4, 0.5) is 11.4 Å². The molecule has 2 N–H and O–H groups in total. The molecule has 0 aliphatic heterocycles. The highest BCUT2D eigenvalue weighted by Gasteiger charge is 2.07. The molecule has 0 aliphatic carbocycles. The van der Waals surface area contributed by atoms with Crippen LogP contribution in [0, 0.1) is 0 Å². The predicted octanol–water partition coefficient (Wildman–Crippen LogP) is 4.33. The van der Waals surface area contributed by atoms with Gasteiger partial charge < -0.3 is 10.6 Å². The molecule has 3 rings (SSSR count). The first kappa shape index (κ1) is 15.3. The molecule has 1 amide bonds. The van der Waals surface area contributed by atoms with Crippen molar-refractivity contribution in [2.75, 3.05) is 17.2 Å². The number of amides is 1. The highest BCUT2D eigenvalue weighted by atomic mass is 35.5. The number of hydrogen-bond donors (Lipinski definition) is 2. The van der Waals surface area contributed by atoms with Gasteiger partial charge in [-0.05, 0) is 24.3 Å². The molecule has 0 atom stereocenters. The van der Waals surface area contributed by atoms with Gasteiger partial charge in [-0.25, -0.2) is 0 Å². The first-order valence-electron chi connectivity index (χ1n) is 7.36. The number of hydrogen-bond acceptors (Lipinski definition) is 3. The minimum Gasteiger partial charge on any atom is -0.383 e. The van der Waals surface area contributed by atoms with Crippen LogP contribution in [0.2, 0.25) is 5.02 Å². The van der Waals surface area contributed by atoms with E-state index in [0.29, 0.717) is 18.0 Å². The molecular weight excluding hydrogens is 310 g/mol. The number of carbonyl (C=O) groups excluding carboxylic acids is 1. The molecule has 5 heteroatoms. The average molecular weight is 326 g/mol. The Labute approximate surface area is 139 Å². The van der Waals surface area contributed by atoms with Crippen LogP contribution in [0.1, 0.15) is 6.42 Å². The lowest BCUT2D eigenvalue weighted by atomic mass is 10.2. The highest BCUT2D eigenvalue weighted by Crippen LogP contribution is 2.21. The molecule has 0 aliphatic rings. The van der Waals surface area contributed by atoms with Crippen LogP contribution in [0.15, 0.2) is 60.8 Å². The third-order valence-corrected chi connectivity index (χ3v) is 3.78. The number of para-hydroxylation sites is 2. The fraction of sp³-hybridized carbons (Fsp3) is 0.111. The van der Waals surface area contributed by atoms with E-state index in [2.05, 4.69) is 15.6 Å². The molecule has 23 heavy (non-hydrogen) atoms. The Morgan fingerprint density at radius 3 is 2.65 bits per heavy atom. The molecule has 0 bridgehead atoms. The van der Waals surface area contributed by atoms with Gasteiger partial charge in [-0.1, -0.05) is 41.9 Å². The summed E-state index contributed by atoms with van der Waals surface area (Å²) in [5, 5.41) is 7.71. The van der Waals surface area contributed by atoms with Gasteiger partial charge in [0.05, 0.1) is 21.9 Å². The maximum Gasteiger partial charge on any atom is 0.226 e. The molecule has 0 unspecified atom stereocenters. The van der Waals surface area contributed by atoms with Gasteiger partial charge in [0.25, 0.3) is 0 Å². The van der Waals surface area contributed by atoms with Gasteiger partial charge in [-0.3, -0.25) is 9.78 Å². The molecule has 116 valence electrons. The monoisotopic (exact) mass is 325 g/mol. The van der Waals surface area contributed by atoms with Crippen LogP contribution < -0.4 is 10.6 Å². The van der Waals surface area contributed by atoms with Crippen LogP contribution in [0.5, 0.6) is 0 Å². The van der Waals surface area contributed by atoms with E-state index in [1.807, 2.05) is 54.6 Å². The summed E-state index contributed by atoms with van der Waals surface area (Å²) in [4.78, 5) is 16.4. The number of pyridine rings is 1. The Balaban J connectivity index is 1.60. The van der Waals surface area contributed by atoms with E-state index in [-0.39, 0.29) is 5.91 Å². The Morgan fingerprint density at radius 1 is 1.00 bits per heavy atom. The number of rotatable bonds is 5. The number of benzene rings is 2. The van der Waals surface area contributed by atoms with E-state index in [1.54, 1.807) is 6.20 Å². The summed E-state index contributed by atoms with van der Waals surface area (Å²) in [5.41, 5.74) is 2.35.